The minimum atomic E-state index is -1.01. The smallest absolute Gasteiger partial charge is 0.343 e. The van der Waals surface area contributed by atoms with Crippen molar-refractivity contribution in [2.75, 3.05) is 12.4 Å². The number of methoxy groups -OCH3 is 1. The third kappa shape index (κ3) is 7.76. The van der Waals surface area contributed by atoms with E-state index in [0.717, 1.165) is 25.7 Å². The number of hydrogen-bond donors (Lipinski definition) is 3. The summed E-state index contributed by atoms with van der Waals surface area (Å²) in [4.78, 5) is 50.0. The molecule has 0 aromatic heterocycles. The number of ether oxygens (including phenoxy) is 2. The molecule has 0 spiro atoms. The molecule has 0 bridgehead atoms. The lowest BCUT2D eigenvalue weighted by Crippen LogP contribution is -2.37. The molecule has 4 rings (SSSR count). The maximum absolute atomic E-state index is 12.8. The zero-order valence-electron chi connectivity index (χ0n) is 22.0. The normalized spacial score (nSPS) is 13.3. The molecule has 3 aromatic rings. The van der Waals surface area contributed by atoms with Gasteiger partial charge in [-0.25, -0.2) is 10.2 Å². The second-order valence-electron chi connectivity index (χ2n) is 9.20. The number of esters is 1. The van der Waals surface area contributed by atoms with E-state index in [4.69, 9.17) is 9.47 Å². The third-order valence-electron chi connectivity index (χ3n) is 6.34. The number of carbonyl (C=O) groups excluding carboxylic acids is 4. The SMILES string of the molecule is COc1ccc(C(=O)Oc2cccc(C=NNC(=O)C(=O)Nc3ccccc3C(=O)NC3CCCCC3)c2)cc1. The Bertz CT molecular complexity index is 1400. The molecular weight excluding hydrogens is 512 g/mol. The van der Waals surface area contributed by atoms with Crippen LogP contribution in [0.5, 0.6) is 11.5 Å². The summed E-state index contributed by atoms with van der Waals surface area (Å²) in [6, 6.07) is 19.6. The molecule has 0 heterocycles. The first-order valence-electron chi connectivity index (χ1n) is 12.9. The number of nitrogens with one attached hydrogen (secondary N) is 3. The van der Waals surface area contributed by atoms with E-state index >= 15 is 0 Å². The first-order valence-corrected chi connectivity index (χ1v) is 12.9. The van der Waals surface area contributed by atoms with Crippen LogP contribution in [-0.2, 0) is 9.59 Å². The van der Waals surface area contributed by atoms with Crippen LogP contribution in [0.3, 0.4) is 0 Å². The van der Waals surface area contributed by atoms with Crippen molar-refractivity contribution in [3.8, 4) is 11.5 Å². The number of anilines is 1. The van der Waals surface area contributed by atoms with E-state index in [1.54, 1.807) is 72.8 Å². The van der Waals surface area contributed by atoms with E-state index in [-0.39, 0.29) is 28.9 Å². The van der Waals surface area contributed by atoms with Gasteiger partial charge in [0.25, 0.3) is 5.91 Å². The van der Waals surface area contributed by atoms with Crippen molar-refractivity contribution in [2.24, 2.45) is 5.10 Å². The highest BCUT2D eigenvalue weighted by atomic mass is 16.5. The van der Waals surface area contributed by atoms with Gasteiger partial charge in [0.1, 0.15) is 11.5 Å². The molecule has 0 radical (unpaired) electrons. The second kappa shape index (κ2) is 13.7. The van der Waals surface area contributed by atoms with Gasteiger partial charge in [0.15, 0.2) is 0 Å². The molecule has 206 valence electrons. The van der Waals surface area contributed by atoms with Crippen LogP contribution >= 0.6 is 0 Å². The number of hydrazone groups is 1. The Kier molecular flexibility index (Phi) is 9.60. The summed E-state index contributed by atoms with van der Waals surface area (Å²) in [6.07, 6.45) is 6.47. The lowest BCUT2D eigenvalue weighted by atomic mass is 9.95. The minimum Gasteiger partial charge on any atom is -0.497 e. The van der Waals surface area contributed by atoms with Gasteiger partial charge in [0.2, 0.25) is 0 Å². The number of nitrogens with zero attached hydrogens (tertiary/aromatic N) is 1. The van der Waals surface area contributed by atoms with Gasteiger partial charge >= 0.3 is 17.8 Å². The second-order valence-corrected chi connectivity index (χ2v) is 9.20. The zero-order valence-corrected chi connectivity index (χ0v) is 22.0. The fraction of sp³-hybridized carbons (Fsp3) is 0.233. The molecule has 1 saturated carbocycles. The zero-order chi connectivity index (χ0) is 28.3. The quantitative estimate of drug-likeness (QED) is 0.129. The summed E-state index contributed by atoms with van der Waals surface area (Å²) < 4.78 is 10.5. The van der Waals surface area contributed by atoms with Gasteiger partial charge in [-0.15, -0.1) is 0 Å². The highest BCUT2D eigenvalue weighted by Gasteiger charge is 2.21. The largest absolute Gasteiger partial charge is 0.497 e. The van der Waals surface area contributed by atoms with Crippen molar-refractivity contribution in [3.05, 3.63) is 89.5 Å². The molecule has 3 aromatic carbocycles. The van der Waals surface area contributed by atoms with Gasteiger partial charge in [-0.2, -0.15) is 5.10 Å². The van der Waals surface area contributed by atoms with Crippen molar-refractivity contribution in [3.63, 3.8) is 0 Å². The summed E-state index contributed by atoms with van der Waals surface area (Å²) in [5.41, 5.74) is 3.54. The minimum absolute atomic E-state index is 0.104. The predicted molar refractivity (Wildman–Crippen MR) is 150 cm³/mol. The molecule has 0 unspecified atom stereocenters. The highest BCUT2D eigenvalue weighted by molar-refractivity contribution is 6.40. The van der Waals surface area contributed by atoms with E-state index in [2.05, 4.69) is 21.2 Å². The molecule has 0 aliphatic heterocycles. The number of benzene rings is 3. The summed E-state index contributed by atoms with van der Waals surface area (Å²) in [7, 11) is 1.54. The van der Waals surface area contributed by atoms with Crippen molar-refractivity contribution in [1.29, 1.82) is 0 Å². The number of amides is 3. The lowest BCUT2D eigenvalue weighted by Gasteiger charge is -2.23. The van der Waals surface area contributed by atoms with Crippen molar-refractivity contribution in [2.45, 2.75) is 38.1 Å². The summed E-state index contributed by atoms with van der Waals surface area (Å²) >= 11 is 0. The van der Waals surface area contributed by atoms with E-state index in [1.165, 1.54) is 19.7 Å². The fourth-order valence-electron chi connectivity index (χ4n) is 4.25. The molecule has 3 N–H and O–H groups in total. The standard InChI is InChI=1S/C30H30N4O6/c1-39-23-16-14-21(15-17-23)30(38)40-24-11-7-8-20(18-24)19-31-34-29(37)28(36)33-26-13-6-5-12-25(26)27(35)32-22-9-3-2-4-10-22/h5-8,11-19,22H,2-4,9-10H2,1H3,(H,32,35)(H,33,36)(H,34,37). The van der Waals surface area contributed by atoms with Crippen LogP contribution in [0.2, 0.25) is 0 Å². The van der Waals surface area contributed by atoms with Gasteiger partial charge in [-0.05, 0) is 66.9 Å². The molecule has 1 fully saturated rings. The van der Waals surface area contributed by atoms with Gasteiger partial charge < -0.3 is 20.1 Å². The molecule has 0 saturated heterocycles. The maximum atomic E-state index is 12.8. The van der Waals surface area contributed by atoms with Crippen LogP contribution in [0.1, 0.15) is 58.4 Å². The molecular formula is C30H30N4O6. The van der Waals surface area contributed by atoms with Gasteiger partial charge in [-0.1, -0.05) is 43.5 Å². The first-order chi connectivity index (χ1) is 19.4. The Morgan fingerprint density at radius 3 is 2.35 bits per heavy atom. The lowest BCUT2D eigenvalue weighted by molar-refractivity contribution is -0.136. The van der Waals surface area contributed by atoms with E-state index < -0.39 is 17.8 Å². The predicted octanol–water partition coefficient (Wildman–Crippen LogP) is 4.07. The molecule has 10 nitrogen and oxygen atoms in total. The average Bonchev–Trinajstić information content (AvgIpc) is 2.98. The Balaban J connectivity index is 1.31. The fourth-order valence-corrected chi connectivity index (χ4v) is 4.25. The molecule has 40 heavy (non-hydrogen) atoms. The molecule has 10 heteroatoms. The van der Waals surface area contributed by atoms with Crippen LogP contribution in [0.4, 0.5) is 5.69 Å². The summed E-state index contributed by atoms with van der Waals surface area (Å²) in [5.74, 6) is -1.94. The van der Waals surface area contributed by atoms with Gasteiger partial charge in [-0.3, -0.25) is 14.4 Å². The van der Waals surface area contributed by atoms with E-state index in [9.17, 15) is 19.2 Å². The van der Waals surface area contributed by atoms with E-state index in [1.807, 2.05) is 0 Å². The van der Waals surface area contributed by atoms with Crippen molar-refractivity contribution in [1.82, 2.24) is 10.7 Å². The topological polar surface area (TPSA) is 135 Å². The average molecular weight is 543 g/mol. The molecule has 1 aliphatic rings. The first kappa shape index (κ1) is 28.0. The van der Waals surface area contributed by atoms with Crippen molar-refractivity contribution < 1.29 is 28.7 Å². The number of carbonyl (C=O) groups is 4. The van der Waals surface area contributed by atoms with Gasteiger partial charge in [0.05, 0.1) is 30.1 Å². The van der Waals surface area contributed by atoms with Gasteiger partial charge in [0, 0.05) is 6.04 Å². The van der Waals surface area contributed by atoms with Crippen LogP contribution < -0.4 is 25.5 Å². The van der Waals surface area contributed by atoms with Crippen LogP contribution in [0.25, 0.3) is 0 Å². The monoisotopic (exact) mass is 542 g/mol. The molecule has 0 atom stereocenters. The highest BCUT2D eigenvalue weighted by Crippen LogP contribution is 2.20. The van der Waals surface area contributed by atoms with E-state index in [0.29, 0.717) is 16.9 Å². The van der Waals surface area contributed by atoms with Crippen LogP contribution in [0, 0.1) is 0 Å². The molecule has 3 amide bonds. The maximum Gasteiger partial charge on any atom is 0.343 e. The van der Waals surface area contributed by atoms with Crippen LogP contribution in [-0.4, -0.2) is 43.1 Å². The van der Waals surface area contributed by atoms with Crippen LogP contribution in [0.15, 0.2) is 77.9 Å². The third-order valence-corrected chi connectivity index (χ3v) is 6.34. The Morgan fingerprint density at radius 2 is 1.60 bits per heavy atom. The number of hydrogen-bond acceptors (Lipinski definition) is 7. The van der Waals surface area contributed by atoms with Crippen molar-refractivity contribution >= 4 is 35.6 Å². The Labute approximate surface area is 231 Å². The Morgan fingerprint density at radius 1 is 0.850 bits per heavy atom. The molecule has 1 aliphatic carbocycles. The summed E-state index contributed by atoms with van der Waals surface area (Å²) in [5, 5.41) is 9.31. The Hall–Kier alpha value is -4.99. The number of para-hydroxylation sites is 1. The summed E-state index contributed by atoms with van der Waals surface area (Å²) in [6.45, 7) is 0. The number of rotatable bonds is 8.